The van der Waals surface area contributed by atoms with Crippen LogP contribution < -0.4 is 0 Å². The monoisotopic (exact) mass is 162 g/mol. The minimum atomic E-state index is -0.490. The lowest BCUT2D eigenvalue weighted by Crippen LogP contribution is -2.11. The fourth-order valence-corrected chi connectivity index (χ4v) is 0.969. The van der Waals surface area contributed by atoms with Gasteiger partial charge in [0.2, 0.25) is 0 Å². The molecule has 1 heterocycles. The Hall–Kier alpha value is 0.270. The standard InChI is InChI=1S/C7H14O2S/c1-7(2,10)4-3-5-6(8)9-5/h5-6,8,10H,3-4H2,1-2H3. The zero-order valence-electron chi connectivity index (χ0n) is 6.37. The van der Waals surface area contributed by atoms with Gasteiger partial charge in [-0.1, -0.05) is 13.8 Å². The summed E-state index contributed by atoms with van der Waals surface area (Å²) in [7, 11) is 0. The van der Waals surface area contributed by atoms with Crippen molar-refractivity contribution in [3.05, 3.63) is 0 Å². The molecule has 0 aromatic carbocycles. The fraction of sp³-hybridized carbons (Fsp3) is 1.00. The first-order valence-corrected chi connectivity index (χ1v) is 4.00. The van der Waals surface area contributed by atoms with Gasteiger partial charge in [0.1, 0.15) is 6.10 Å². The van der Waals surface area contributed by atoms with Crippen LogP contribution in [0.3, 0.4) is 0 Å². The van der Waals surface area contributed by atoms with E-state index in [-0.39, 0.29) is 10.9 Å². The zero-order valence-corrected chi connectivity index (χ0v) is 7.27. The van der Waals surface area contributed by atoms with Crippen LogP contribution in [0.1, 0.15) is 26.7 Å². The molecule has 0 spiro atoms. The lowest BCUT2D eigenvalue weighted by molar-refractivity contribution is 0.156. The normalized spacial score (nSPS) is 32.4. The van der Waals surface area contributed by atoms with Crippen LogP contribution >= 0.6 is 12.6 Å². The van der Waals surface area contributed by atoms with Gasteiger partial charge in [-0.25, -0.2) is 0 Å². The number of thiol groups is 1. The Morgan fingerprint density at radius 1 is 1.60 bits per heavy atom. The quantitative estimate of drug-likeness (QED) is 0.482. The van der Waals surface area contributed by atoms with Crippen molar-refractivity contribution in [2.75, 3.05) is 0 Å². The molecule has 0 aromatic heterocycles. The van der Waals surface area contributed by atoms with Crippen molar-refractivity contribution < 1.29 is 9.84 Å². The number of hydrogen-bond acceptors (Lipinski definition) is 3. The first-order valence-electron chi connectivity index (χ1n) is 3.55. The van der Waals surface area contributed by atoms with Crippen LogP contribution in [-0.2, 0) is 4.74 Å². The van der Waals surface area contributed by atoms with E-state index in [0.717, 1.165) is 12.8 Å². The number of epoxide rings is 1. The third kappa shape index (κ3) is 2.90. The van der Waals surface area contributed by atoms with Crippen LogP contribution in [0.25, 0.3) is 0 Å². The number of hydrogen-bond donors (Lipinski definition) is 2. The van der Waals surface area contributed by atoms with Crippen LogP contribution in [0.15, 0.2) is 0 Å². The summed E-state index contributed by atoms with van der Waals surface area (Å²) < 4.78 is 4.90. The van der Waals surface area contributed by atoms with Crippen molar-refractivity contribution in [1.82, 2.24) is 0 Å². The maximum absolute atomic E-state index is 8.78. The third-order valence-corrected chi connectivity index (χ3v) is 1.82. The lowest BCUT2D eigenvalue weighted by Gasteiger charge is -2.15. The van der Waals surface area contributed by atoms with E-state index in [2.05, 4.69) is 26.5 Å². The molecule has 0 aliphatic carbocycles. The summed E-state index contributed by atoms with van der Waals surface area (Å²) in [5, 5.41) is 8.78. The molecule has 0 amide bonds. The molecule has 2 unspecified atom stereocenters. The second kappa shape index (κ2) is 2.72. The predicted molar refractivity (Wildman–Crippen MR) is 43.2 cm³/mol. The van der Waals surface area contributed by atoms with Gasteiger partial charge in [0.25, 0.3) is 0 Å². The van der Waals surface area contributed by atoms with E-state index in [1.807, 2.05) is 0 Å². The molecule has 1 aliphatic rings. The molecule has 10 heavy (non-hydrogen) atoms. The topological polar surface area (TPSA) is 32.8 Å². The van der Waals surface area contributed by atoms with Gasteiger partial charge in [-0.3, -0.25) is 0 Å². The first-order chi connectivity index (χ1) is 4.49. The predicted octanol–water partition coefficient (Wildman–Crippen LogP) is 1.19. The van der Waals surface area contributed by atoms with E-state index in [4.69, 9.17) is 9.84 Å². The van der Waals surface area contributed by atoms with Crippen molar-refractivity contribution in [2.24, 2.45) is 0 Å². The molecule has 1 fully saturated rings. The molecule has 0 aromatic rings. The molecule has 3 heteroatoms. The maximum atomic E-state index is 8.78. The van der Waals surface area contributed by atoms with Gasteiger partial charge in [-0.15, -0.1) is 0 Å². The number of rotatable bonds is 3. The highest BCUT2D eigenvalue weighted by atomic mass is 32.1. The number of ether oxygens (including phenoxy) is 1. The lowest BCUT2D eigenvalue weighted by atomic mass is 10.1. The second-order valence-electron chi connectivity index (χ2n) is 3.42. The van der Waals surface area contributed by atoms with Crippen molar-refractivity contribution in [3.63, 3.8) is 0 Å². The van der Waals surface area contributed by atoms with E-state index in [1.54, 1.807) is 0 Å². The summed E-state index contributed by atoms with van der Waals surface area (Å²) in [4.78, 5) is 0. The Labute approximate surface area is 67.0 Å². The summed E-state index contributed by atoms with van der Waals surface area (Å²) in [5.41, 5.74) is 0. The minimum Gasteiger partial charge on any atom is -0.366 e. The van der Waals surface area contributed by atoms with Crippen molar-refractivity contribution >= 4 is 12.6 Å². The molecular weight excluding hydrogens is 148 g/mol. The number of aliphatic hydroxyl groups is 1. The van der Waals surface area contributed by atoms with Gasteiger partial charge >= 0.3 is 0 Å². The van der Waals surface area contributed by atoms with Crippen LogP contribution in [0.2, 0.25) is 0 Å². The largest absolute Gasteiger partial charge is 0.366 e. The van der Waals surface area contributed by atoms with Crippen molar-refractivity contribution in [2.45, 2.75) is 43.8 Å². The minimum absolute atomic E-state index is 0.0612. The van der Waals surface area contributed by atoms with Gasteiger partial charge < -0.3 is 9.84 Å². The Balaban J connectivity index is 2.06. The van der Waals surface area contributed by atoms with Gasteiger partial charge in [-0.05, 0) is 12.8 Å². The smallest absolute Gasteiger partial charge is 0.181 e. The summed E-state index contributed by atoms with van der Waals surface area (Å²) in [6.07, 6.45) is 1.50. The average Bonchev–Trinajstić information content (AvgIpc) is 2.40. The molecule has 2 atom stereocenters. The third-order valence-electron chi connectivity index (χ3n) is 1.60. The molecule has 1 aliphatic heterocycles. The molecule has 1 rings (SSSR count). The van der Waals surface area contributed by atoms with Gasteiger partial charge in [0.15, 0.2) is 6.29 Å². The second-order valence-corrected chi connectivity index (χ2v) is 4.63. The van der Waals surface area contributed by atoms with E-state index in [1.165, 1.54) is 0 Å². The molecule has 0 radical (unpaired) electrons. The summed E-state index contributed by atoms with van der Waals surface area (Å²) in [6.45, 7) is 4.12. The fourth-order valence-electron chi connectivity index (χ4n) is 0.840. The molecule has 2 nitrogen and oxygen atoms in total. The van der Waals surface area contributed by atoms with Crippen molar-refractivity contribution in [3.8, 4) is 0 Å². The Bertz CT molecular complexity index is 119. The van der Waals surface area contributed by atoms with E-state index >= 15 is 0 Å². The average molecular weight is 162 g/mol. The maximum Gasteiger partial charge on any atom is 0.181 e. The number of aliphatic hydroxyl groups excluding tert-OH is 1. The summed E-state index contributed by atoms with van der Waals surface area (Å²) >= 11 is 4.35. The van der Waals surface area contributed by atoms with Gasteiger partial charge in [0, 0.05) is 4.75 Å². The Kier molecular flexibility index (Phi) is 2.28. The molecular formula is C7H14O2S. The molecule has 1 N–H and O–H groups in total. The van der Waals surface area contributed by atoms with E-state index in [0.29, 0.717) is 0 Å². The van der Waals surface area contributed by atoms with Crippen LogP contribution in [0, 0.1) is 0 Å². The van der Waals surface area contributed by atoms with Crippen LogP contribution in [-0.4, -0.2) is 22.2 Å². The molecule has 0 saturated carbocycles. The SMILES string of the molecule is CC(C)(S)CCC1OC1O. The highest BCUT2D eigenvalue weighted by Crippen LogP contribution is 2.28. The Morgan fingerprint density at radius 3 is 2.40 bits per heavy atom. The summed E-state index contributed by atoms with van der Waals surface area (Å²) in [5.74, 6) is 0. The highest BCUT2D eigenvalue weighted by molar-refractivity contribution is 7.81. The molecule has 60 valence electrons. The Morgan fingerprint density at radius 2 is 2.10 bits per heavy atom. The summed E-state index contributed by atoms with van der Waals surface area (Å²) in [6, 6.07) is 0. The highest BCUT2D eigenvalue weighted by Gasteiger charge is 2.37. The van der Waals surface area contributed by atoms with Gasteiger partial charge in [0.05, 0.1) is 0 Å². The zero-order chi connectivity index (χ0) is 7.78. The van der Waals surface area contributed by atoms with Crippen LogP contribution in [0.5, 0.6) is 0 Å². The molecule has 1 saturated heterocycles. The first kappa shape index (κ1) is 8.37. The van der Waals surface area contributed by atoms with Crippen LogP contribution in [0.4, 0.5) is 0 Å². The molecule has 0 bridgehead atoms. The van der Waals surface area contributed by atoms with Crippen molar-refractivity contribution in [1.29, 1.82) is 0 Å². The van der Waals surface area contributed by atoms with E-state index < -0.39 is 6.29 Å². The van der Waals surface area contributed by atoms with Gasteiger partial charge in [-0.2, -0.15) is 12.6 Å². The van der Waals surface area contributed by atoms with E-state index in [9.17, 15) is 0 Å².